The number of aromatic hydroxyl groups is 1. The van der Waals surface area contributed by atoms with Crippen molar-refractivity contribution in [1.82, 2.24) is 0 Å². The number of ether oxygens (including phenoxy) is 1. The van der Waals surface area contributed by atoms with Gasteiger partial charge < -0.3 is 19.7 Å². The fourth-order valence-electron chi connectivity index (χ4n) is 1.01. The number of rotatable bonds is 4. The Hall–Kier alpha value is -0.720. The van der Waals surface area contributed by atoms with Crippen LogP contribution in [0.15, 0.2) is 12.1 Å². The molecule has 0 saturated carbocycles. The van der Waals surface area contributed by atoms with Crippen LogP contribution in [-0.4, -0.2) is 29.6 Å². The molecule has 0 heterocycles. The molecule has 19 heavy (non-hydrogen) atoms. The highest BCUT2D eigenvalue weighted by Crippen LogP contribution is 2.28. The Morgan fingerprint density at radius 3 is 2.47 bits per heavy atom. The van der Waals surface area contributed by atoms with E-state index in [1.165, 1.54) is 6.07 Å². The van der Waals surface area contributed by atoms with Gasteiger partial charge in [-0.05, 0) is 57.3 Å². The Morgan fingerprint density at radius 2 is 1.95 bits per heavy atom. The van der Waals surface area contributed by atoms with Crippen LogP contribution in [0.2, 0.25) is 0 Å². The van der Waals surface area contributed by atoms with Gasteiger partial charge in [0.1, 0.15) is 17.3 Å². The molecule has 0 aliphatic rings. The highest BCUT2D eigenvalue weighted by Gasteiger charge is 2.33. The molecule has 1 aromatic rings. The van der Waals surface area contributed by atoms with Crippen molar-refractivity contribution in [2.75, 3.05) is 6.61 Å². The number of hydrogen-bond donors (Lipinski definition) is 1. The predicted molar refractivity (Wildman–Crippen MR) is 73.8 cm³/mol. The smallest absolute Gasteiger partial charge is 0.342 e. The number of alkyl halides is 2. The molecule has 0 bridgehead atoms. The summed E-state index contributed by atoms with van der Waals surface area (Å²) in [6.45, 7) is -1.66. The standard InChI is InChI=1S/C10H6F2I2O5/c11-10(12,9(17)18)3-19-8(16)5-1-4(13)2-6(14)7(5)15/h1-2,15H,3H2,(H,17,18)/p-1. The van der Waals surface area contributed by atoms with Crippen LogP contribution in [0.4, 0.5) is 8.78 Å². The third kappa shape index (κ3) is 4.12. The summed E-state index contributed by atoms with van der Waals surface area (Å²) < 4.78 is 30.4. The molecule has 5 nitrogen and oxygen atoms in total. The first kappa shape index (κ1) is 16.3. The van der Waals surface area contributed by atoms with Crippen LogP contribution in [0.3, 0.4) is 0 Å². The predicted octanol–water partition coefficient (Wildman–Crippen LogP) is 1.14. The molecule has 104 valence electrons. The van der Waals surface area contributed by atoms with Gasteiger partial charge in [0, 0.05) is 3.57 Å². The first-order chi connectivity index (χ1) is 8.65. The number of carbonyl (C=O) groups excluding carboxylic acids is 2. The van der Waals surface area contributed by atoms with E-state index in [-0.39, 0.29) is 5.56 Å². The van der Waals surface area contributed by atoms with Crippen molar-refractivity contribution in [1.29, 1.82) is 0 Å². The number of carbonyl (C=O) groups is 2. The molecule has 1 N–H and O–H groups in total. The maximum atomic E-state index is 12.7. The molecule has 0 spiro atoms. The summed E-state index contributed by atoms with van der Waals surface area (Å²) in [6, 6.07) is 2.79. The van der Waals surface area contributed by atoms with Crippen LogP contribution in [0.25, 0.3) is 0 Å². The average molecular weight is 497 g/mol. The molecule has 9 heteroatoms. The zero-order valence-corrected chi connectivity index (χ0v) is 13.3. The number of esters is 1. The molecular formula is C10H5F2I2O5-. The molecule has 0 fully saturated rings. The Balaban J connectivity index is 2.88. The van der Waals surface area contributed by atoms with Crippen molar-refractivity contribution in [3.63, 3.8) is 0 Å². The van der Waals surface area contributed by atoms with E-state index in [1.807, 2.05) is 22.6 Å². The summed E-state index contributed by atoms with van der Waals surface area (Å²) in [5.74, 6) is -8.57. The first-order valence-corrected chi connectivity index (χ1v) is 6.75. The summed E-state index contributed by atoms with van der Waals surface area (Å²) >= 11 is 3.61. The van der Waals surface area contributed by atoms with Crippen molar-refractivity contribution in [3.8, 4) is 5.75 Å². The molecule has 0 aliphatic heterocycles. The van der Waals surface area contributed by atoms with E-state index < -0.39 is 30.2 Å². The second-order valence-corrected chi connectivity index (χ2v) is 5.76. The van der Waals surface area contributed by atoms with E-state index in [0.29, 0.717) is 7.14 Å². The third-order valence-electron chi connectivity index (χ3n) is 1.93. The Bertz CT molecular complexity index is 533. The summed E-state index contributed by atoms with van der Waals surface area (Å²) in [5, 5.41) is 19.6. The number of phenols is 1. The molecule has 1 aromatic carbocycles. The van der Waals surface area contributed by atoms with Gasteiger partial charge in [-0.3, -0.25) is 0 Å². The van der Waals surface area contributed by atoms with Crippen molar-refractivity contribution >= 4 is 57.1 Å². The first-order valence-electron chi connectivity index (χ1n) is 4.59. The SMILES string of the molecule is O=C(OCC(F)(F)C(=O)[O-])c1cc(I)cc(I)c1O. The van der Waals surface area contributed by atoms with E-state index in [9.17, 15) is 28.6 Å². The van der Waals surface area contributed by atoms with Crippen molar-refractivity contribution < 1.29 is 33.3 Å². The van der Waals surface area contributed by atoms with Crippen LogP contribution < -0.4 is 5.11 Å². The minimum atomic E-state index is -4.28. The van der Waals surface area contributed by atoms with E-state index in [2.05, 4.69) is 4.74 Å². The number of halogens is 4. The number of aliphatic carboxylic acids is 1. The number of carboxylic acids is 1. The van der Waals surface area contributed by atoms with Crippen LogP contribution >= 0.6 is 45.2 Å². The Morgan fingerprint density at radius 1 is 1.37 bits per heavy atom. The molecule has 0 atom stereocenters. The normalized spacial score (nSPS) is 11.2. The van der Waals surface area contributed by atoms with Crippen molar-refractivity contribution in [2.45, 2.75) is 5.92 Å². The minimum Gasteiger partial charge on any atom is -0.544 e. The second-order valence-electron chi connectivity index (χ2n) is 3.35. The van der Waals surface area contributed by atoms with E-state index in [0.717, 1.165) is 0 Å². The summed E-state index contributed by atoms with van der Waals surface area (Å²) in [5.41, 5.74) is -0.314. The molecule has 0 amide bonds. The minimum absolute atomic E-state index is 0.314. The highest BCUT2D eigenvalue weighted by atomic mass is 127. The lowest BCUT2D eigenvalue weighted by Crippen LogP contribution is -2.45. The molecule has 0 unspecified atom stereocenters. The molecule has 0 aliphatic carbocycles. The van der Waals surface area contributed by atoms with E-state index >= 15 is 0 Å². The van der Waals surface area contributed by atoms with Gasteiger partial charge in [-0.25, -0.2) is 4.79 Å². The fourth-order valence-corrected chi connectivity index (χ4v) is 2.86. The number of hydrogen-bond acceptors (Lipinski definition) is 5. The lowest BCUT2D eigenvalue weighted by Gasteiger charge is -2.17. The zero-order chi connectivity index (χ0) is 14.8. The quantitative estimate of drug-likeness (QED) is 0.499. The molecule has 0 aromatic heterocycles. The third-order valence-corrected chi connectivity index (χ3v) is 3.38. The lowest BCUT2D eigenvalue weighted by molar-refractivity contribution is -0.331. The summed E-state index contributed by atoms with van der Waals surface area (Å²) in [7, 11) is 0. The van der Waals surface area contributed by atoms with E-state index in [4.69, 9.17) is 0 Å². The van der Waals surface area contributed by atoms with Gasteiger partial charge in [0.05, 0.1) is 3.57 Å². The van der Waals surface area contributed by atoms with Crippen molar-refractivity contribution in [3.05, 3.63) is 24.8 Å². The van der Waals surface area contributed by atoms with Gasteiger partial charge in [-0.2, -0.15) is 8.78 Å². The molecule has 0 saturated heterocycles. The molecular weight excluding hydrogens is 492 g/mol. The van der Waals surface area contributed by atoms with Gasteiger partial charge in [-0.15, -0.1) is 0 Å². The highest BCUT2D eigenvalue weighted by molar-refractivity contribution is 14.1. The second kappa shape index (κ2) is 6.15. The average Bonchev–Trinajstić information content (AvgIpc) is 2.30. The lowest BCUT2D eigenvalue weighted by atomic mass is 10.2. The van der Waals surface area contributed by atoms with Gasteiger partial charge in [-0.1, -0.05) is 0 Å². The number of benzene rings is 1. The van der Waals surface area contributed by atoms with Gasteiger partial charge >= 0.3 is 11.9 Å². The van der Waals surface area contributed by atoms with Crippen LogP contribution in [0.1, 0.15) is 10.4 Å². The maximum absolute atomic E-state index is 12.7. The van der Waals surface area contributed by atoms with Gasteiger partial charge in [0.2, 0.25) is 0 Å². The Labute approximate surface area is 133 Å². The van der Waals surface area contributed by atoms with Gasteiger partial charge in [0.15, 0.2) is 6.61 Å². The number of phenolic OH excluding ortho intramolecular Hbond substituents is 1. The van der Waals surface area contributed by atoms with Gasteiger partial charge in [0.25, 0.3) is 0 Å². The van der Waals surface area contributed by atoms with Crippen LogP contribution in [0.5, 0.6) is 5.75 Å². The van der Waals surface area contributed by atoms with E-state index in [1.54, 1.807) is 28.7 Å². The molecule has 0 radical (unpaired) electrons. The topological polar surface area (TPSA) is 86.7 Å². The largest absolute Gasteiger partial charge is 0.544 e. The summed E-state index contributed by atoms with van der Waals surface area (Å²) in [6.07, 6.45) is 0. The maximum Gasteiger partial charge on any atom is 0.342 e. The monoisotopic (exact) mass is 497 g/mol. The Kier molecular flexibility index (Phi) is 5.29. The zero-order valence-electron chi connectivity index (χ0n) is 8.95. The van der Waals surface area contributed by atoms with Crippen LogP contribution in [-0.2, 0) is 9.53 Å². The fraction of sp³-hybridized carbons (Fsp3) is 0.200. The molecule has 1 rings (SSSR count). The van der Waals surface area contributed by atoms with Crippen molar-refractivity contribution in [2.24, 2.45) is 0 Å². The number of carboxylic acid groups (broad SMARTS) is 1. The summed E-state index contributed by atoms with van der Waals surface area (Å²) in [4.78, 5) is 21.5. The van der Waals surface area contributed by atoms with Crippen LogP contribution in [0, 0.1) is 7.14 Å².